The summed E-state index contributed by atoms with van der Waals surface area (Å²) in [5, 5.41) is 9.65. The number of rotatable bonds is 13. The van der Waals surface area contributed by atoms with Crippen molar-refractivity contribution in [2.75, 3.05) is 31.1 Å². The molecule has 2 saturated heterocycles. The molecule has 0 spiro atoms. The van der Waals surface area contributed by atoms with Gasteiger partial charge in [-0.15, -0.1) is 11.3 Å². The minimum atomic E-state index is -4.13. The number of thiophene rings is 1. The van der Waals surface area contributed by atoms with Gasteiger partial charge in [0.2, 0.25) is 20.0 Å². The maximum absolute atomic E-state index is 13.2. The molecule has 2 N–H and O–H groups in total. The largest absolute Gasteiger partial charge is 0.480 e. The van der Waals surface area contributed by atoms with Crippen molar-refractivity contribution in [3.05, 3.63) is 65.8 Å². The molecule has 5 rings (SSSR count). The third-order valence-electron chi connectivity index (χ3n) is 9.02. The van der Waals surface area contributed by atoms with Crippen LogP contribution in [0, 0.1) is 11.8 Å². The molecule has 48 heavy (non-hydrogen) atoms. The summed E-state index contributed by atoms with van der Waals surface area (Å²) < 4.78 is 57.8. The molecule has 0 bridgehead atoms. The first-order chi connectivity index (χ1) is 22.8. The monoisotopic (exact) mass is 884 g/mol. The summed E-state index contributed by atoms with van der Waals surface area (Å²) >= 11 is 20.1. The number of anilines is 1. The van der Waals surface area contributed by atoms with E-state index in [0.717, 1.165) is 69.4 Å². The Morgan fingerprint density at radius 3 is 2.12 bits per heavy atom. The molecular formula is C31H36Br2Cl2N4O6S3. The number of hydrogen-bond acceptors (Lipinski definition) is 8. The fourth-order valence-electron chi connectivity index (χ4n) is 6.33. The zero-order valence-electron chi connectivity index (χ0n) is 25.8. The molecule has 2 aromatic heterocycles. The standard InChI is InChI=1S/C31H36Br2Cl2N4O6S3/c32-24-18-23(47(42,43)37-25(31(40)41)17-22-5-2-1-3-6-22)19-36-30(24)38-13-9-20(10-14-38)7-4-8-21-11-15-39(16-12-21)48(44,45)27-26(33)28(34)46-29(27)35/h1-3,5-6,18-21,25,37H,4,7-17H2,(H,40,41). The van der Waals surface area contributed by atoms with Crippen LogP contribution in [0.1, 0.15) is 50.5 Å². The first-order valence-electron chi connectivity index (χ1n) is 15.6. The van der Waals surface area contributed by atoms with Crippen molar-refractivity contribution in [2.45, 2.75) is 67.2 Å². The van der Waals surface area contributed by atoms with Gasteiger partial charge < -0.3 is 10.0 Å². The first-order valence-corrected chi connectivity index (χ1v) is 21.7. The summed E-state index contributed by atoms with van der Waals surface area (Å²) in [5.41, 5.74) is 0.708. The Balaban J connectivity index is 1.07. The van der Waals surface area contributed by atoms with E-state index < -0.39 is 32.1 Å². The van der Waals surface area contributed by atoms with E-state index in [9.17, 15) is 26.7 Å². The SMILES string of the molecule is O=C(O)C(Cc1ccccc1)NS(=O)(=O)c1cnc(N2CCC(CCCC3CCN(S(=O)(=O)c4c(Cl)sc(Cl)c4Br)CC3)CC2)c(Br)c1. The van der Waals surface area contributed by atoms with E-state index in [-0.39, 0.29) is 20.5 Å². The number of piperidine rings is 2. The highest BCUT2D eigenvalue weighted by molar-refractivity contribution is 9.11. The van der Waals surface area contributed by atoms with Crippen LogP contribution in [0.4, 0.5) is 5.82 Å². The first kappa shape index (κ1) is 37.9. The van der Waals surface area contributed by atoms with Gasteiger partial charge >= 0.3 is 5.97 Å². The number of hydrogen-bond donors (Lipinski definition) is 2. The number of nitrogens with zero attached hydrogens (tertiary/aromatic N) is 3. The quantitative estimate of drug-likeness (QED) is 0.181. The summed E-state index contributed by atoms with van der Waals surface area (Å²) in [4.78, 5) is 18.4. The van der Waals surface area contributed by atoms with E-state index in [1.54, 1.807) is 24.3 Å². The zero-order chi connectivity index (χ0) is 34.6. The lowest BCUT2D eigenvalue weighted by Crippen LogP contribution is -2.42. The van der Waals surface area contributed by atoms with Crippen LogP contribution < -0.4 is 9.62 Å². The Hall–Kier alpha value is -1.30. The molecule has 1 atom stereocenters. The fourth-order valence-corrected chi connectivity index (χ4v) is 13.2. The molecule has 262 valence electrons. The number of nitrogens with one attached hydrogen (secondary N) is 1. The van der Waals surface area contributed by atoms with Gasteiger partial charge in [-0.2, -0.15) is 9.03 Å². The van der Waals surface area contributed by atoms with Crippen LogP contribution >= 0.6 is 66.4 Å². The Morgan fingerprint density at radius 1 is 0.979 bits per heavy atom. The van der Waals surface area contributed by atoms with E-state index in [1.807, 2.05) is 6.07 Å². The molecule has 0 radical (unpaired) electrons. The molecule has 2 aliphatic rings. The fraction of sp³-hybridized carbons (Fsp3) is 0.484. The van der Waals surface area contributed by atoms with E-state index in [0.29, 0.717) is 49.6 Å². The number of benzene rings is 1. The molecule has 0 saturated carbocycles. The number of halogens is 4. The van der Waals surface area contributed by atoms with Crippen molar-refractivity contribution < 1.29 is 26.7 Å². The van der Waals surface area contributed by atoms with Crippen LogP contribution in [0.3, 0.4) is 0 Å². The average molecular weight is 888 g/mol. The van der Waals surface area contributed by atoms with Crippen LogP contribution in [-0.4, -0.2) is 69.4 Å². The predicted molar refractivity (Wildman–Crippen MR) is 196 cm³/mol. The maximum atomic E-state index is 13.2. The molecule has 1 aromatic carbocycles. The summed E-state index contributed by atoms with van der Waals surface area (Å²) in [6.45, 7) is 2.51. The van der Waals surface area contributed by atoms with Crippen molar-refractivity contribution in [1.29, 1.82) is 0 Å². The number of carbonyl (C=O) groups is 1. The van der Waals surface area contributed by atoms with Crippen molar-refractivity contribution >= 4 is 98.2 Å². The molecular weight excluding hydrogens is 851 g/mol. The minimum Gasteiger partial charge on any atom is -0.480 e. The number of sulfonamides is 2. The minimum absolute atomic E-state index is 0.0145. The number of aromatic nitrogens is 1. The lowest BCUT2D eigenvalue weighted by Gasteiger charge is -2.34. The second-order valence-electron chi connectivity index (χ2n) is 12.2. The van der Waals surface area contributed by atoms with Crippen LogP contribution in [0.5, 0.6) is 0 Å². The molecule has 1 unspecified atom stereocenters. The number of aliphatic carboxylic acids is 1. The highest BCUT2D eigenvalue weighted by Crippen LogP contribution is 2.44. The molecule has 3 aromatic rings. The van der Waals surface area contributed by atoms with Crippen molar-refractivity contribution in [1.82, 2.24) is 14.0 Å². The van der Waals surface area contributed by atoms with Gasteiger partial charge in [0.15, 0.2) is 0 Å². The summed E-state index contributed by atoms with van der Waals surface area (Å²) in [6, 6.07) is 9.01. The van der Waals surface area contributed by atoms with E-state index in [1.165, 1.54) is 16.6 Å². The van der Waals surface area contributed by atoms with Crippen LogP contribution in [0.25, 0.3) is 0 Å². The van der Waals surface area contributed by atoms with Crippen LogP contribution in [0.15, 0.2) is 61.3 Å². The highest BCUT2D eigenvalue weighted by atomic mass is 79.9. The molecule has 2 fully saturated rings. The van der Waals surface area contributed by atoms with Gasteiger partial charge in [0.05, 0.1) is 8.95 Å². The topological polar surface area (TPSA) is 137 Å². The zero-order valence-corrected chi connectivity index (χ0v) is 33.0. The second-order valence-corrected chi connectivity index (χ2v) is 19.6. The van der Waals surface area contributed by atoms with Gasteiger partial charge in [-0.3, -0.25) is 4.79 Å². The predicted octanol–water partition coefficient (Wildman–Crippen LogP) is 7.44. The second kappa shape index (κ2) is 16.4. The van der Waals surface area contributed by atoms with Gasteiger partial charge in [-0.05, 0) is 87.4 Å². The van der Waals surface area contributed by atoms with E-state index in [2.05, 4.69) is 46.5 Å². The van der Waals surface area contributed by atoms with Gasteiger partial charge in [0, 0.05) is 32.4 Å². The summed E-state index contributed by atoms with van der Waals surface area (Å²) in [6.07, 6.45) is 8.15. The van der Waals surface area contributed by atoms with E-state index >= 15 is 0 Å². The number of carboxylic acid groups (broad SMARTS) is 1. The molecule has 10 nitrogen and oxygen atoms in total. The number of carboxylic acids is 1. The summed E-state index contributed by atoms with van der Waals surface area (Å²) in [5.74, 6) is 0.455. The van der Waals surface area contributed by atoms with Crippen molar-refractivity contribution in [3.8, 4) is 0 Å². The Kier molecular flexibility index (Phi) is 12.9. The third-order valence-corrected chi connectivity index (χ3v) is 16.4. The van der Waals surface area contributed by atoms with Gasteiger partial charge in [-0.1, -0.05) is 72.8 Å². The third kappa shape index (κ3) is 9.13. The van der Waals surface area contributed by atoms with Crippen LogP contribution in [-0.2, 0) is 31.3 Å². The molecule has 2 aliphatic heterocycles. The Morgan fingerprint density at radius 2 is 1.58 bits per heavy atom. The van der Waals surface area contributed by atoms with Gasteiger partial charge in [-0.25, -0.2) is 21.8 Å². The lowest BCUT2D eigenvalue weighted by molar-refractivity contribution is -0.138. The van der Waals surface area contributed by atoms with E-state index in [4.69, 9.17) is 23.2 Å². The molecule has 0 amide bonds. The average Bonchev–Trinajstić information content (AvgIpc) is 3.32. The lowest BCUT2D eigenvalue weighted by atomic mass is 9.87. The Bertz CT molecular complexity index is 1820. The molecule has 17 heteroatoms. The number of pyridine rings is 1. The Labute approximate surface area is 312 Å². The maximum Gasteiger partial charge on any atom is 0.322 e. The normalized spacial score (nSPS) is 17.9. The summed E-state index contributed by atoms with van der Waals surface area (Å²) in [7, 11) is -7.85. The van der Waals surface area contributed by atoms with Gasteiger partial charge in [0.1, 0.15) is 30.3 Å². The highest BCUT2D eigenvalue weighted by Gasteiger charge is 2.35. The van der Waals surface area contributed by atoms with Crippen molar-refractivity contribution in [3.63, 3.8) is 0 Å². The van der Waals surface area contributed by atoms with Crippen LogP contribution in [0.2, 0.25) is 8.67 Å². The molecule has 4 heterocycles. The smallest absolute Gasteiger partial charge is 0.322 e. The van der Waals surface area contributed by atoms with Gasteiger partial charge in [0.25, 0.3) is 0 Å². The molecule has 0 aliphatic carbocycles. The van der Waals surface area contributed by atoms with Crippen molar-refractivity contribution in [2.24, 2.45) is 11.8 Å².